The summed E-state index contributed by atoms with van der Waals surface area (Å²) in [4.78, 5) is 42.4. The lowest BCUT2D eigenvalue weighted by molar-refractivity contribution is -0.143. The van der Waals surface area contributed by atoms with Crippen molar-refractivity contribution in [3.05, 3.63) is 35.4 Å². The van der Waals surface area contributed by atoms with Crippen molar-refractivity contribution >= 4 is 29.7 Å². The fourth-order valence-corrected chi connectivity index (χ4v) is 5.15. The van der Waals surface area contributed by atoms with Crippen LogP contribution in [0.3, 0.4) is 0 Å². The molecule has 8 heteroatoms. The second kappa shape index (κ2) is 15.7. The first kappa shape index (κ1) is 31.6. The van der Waals surface area contributed by atoms with E-state index in [4.69, 9.17) is 11.2 Å². The molecule has 1 aliphatic carbocycles. The second-order valence-electron chi connectivity index (χ2n) is 10.8. The standard InChI is InChI=1S/C30H45N3O4S/c1-7-9-20-33(28(35)25(19-21-38-6)32-29(36)37-30(3,4)5)26(24-18-14-13-15-22(24)8-2)27(34)31-23-16-11-10-12-17-23/h2,13-15,18,23,25-26H,7,9-12,16-17,19-21H2,1,3-6H3,(H,31,34)(H,32,36). The van der Waals surface area contributed by atoms with Crippen LogP contribution in [0.4, 0.5) is 4.79 Å². The van der Waals surface area contributed by atoms with Crippen LogP contribution >= 0.6 is 11.8 Å². The van der Waals surface area contributed by atoms with E-state index in [0.717, 1.165) is 32.1 Å². The normalized spacial score (nSPS) is 15.6. The van der Waals surface area contributed by atoms with Crippen molar-refractivity contribution in [1.29, 1.82) is 0 Å². The minimum absolute atomic E-state index is 0.0760. The number of nitrogens with zero attached hydrogens (tertiary/aromatic N) is 1. The molecule has 0 aliphatic heterocycles. The Kier molecular flexibility index (Phi) is 13.0. The number of thioether (sulfide) groups is 1. The van der Waals surface area contributed by atoms with E-state index in [1.165, 1.54) is 6.42 Å². The quantitative estimate of drug-likeness (QED) is 0.343. The summed E-state index contributed by atoms with van der Waals surface area (Å²) >= 11 is 1.59. The van der Waals surface area contributed by atoms with Crippen molar-refractivity contribution < 1.29 is 19.1 Å². The lowest BCUT2D eigenvalue weighted by Gasteiger charge is -2.36. The Bertz CT molecular complexity index is 963. The van der Waals surface area contributed by atoms with E-state index in [-0.39, 0.29) is 17.9 Å². The third-order valence-corrected chi connectivity index (χ3v) is 7.20. The van der Waals surface area contributed by atoms with Crippen molar-refractivity contribution in [3.8, 4) is 12.3 Å². The van der Waals surface area contributed by atoms with Gasteiger partial charge < -0.3 is 20.3 Å². The summed E-state index contributed by atoms with van der Waals surface area (Å²) in [7, 11) is 0. The van der Waals surface area contributed by atoms with Crippen LogP contribution in [0.5, 0.6) is 0 Å². The van der Waals surface area contributed by atoms with Crippen LogP contribution in [-0.4, -0.2) is 59.0 Å². The van der Waals surface area contributed by atoms with Crippen LogP contribution in [0.15, 0.2) is 24.3 Å². The van der Waals surface area contributed by atoms with E-state index in [2.05, 4.69) is 16.6 Å². The third kappa shape index (κ3) is 9.90. The van der Waals surface area contributed by atoms with Gasteiger partial charge in [-0.25, -0.2) is 4.79 Å². The number of amides is 3. The number of carbonyl (C=O) groups excluding carboxylic acids is 3. The lowest BCUT2D eigenvalue weighted by Crippen LogP contribution is -2.54. The highest BCUT2D eigenvalue weighted by atomic mass is 32.2. The van der Waals surface area contributed by atoms with Gasteiger partial charge in [-0.05, 0) is 70.1 Å². The molecular weight excluding hydrogens is 498 g/mol. The summed E-state index contributed by atoms with van der Waals surface area (Å²) in [6.07, 6.45) is 14.3. The maximum atomic E-state index is 14.2. The van der Waals surface area contributed by atoms with Gasteiger partial charge in [0, 0.05) is 18.2 Å². The molecule has 1 fully saturated rings. The van der Waals surface area contributed by atoms with Gasteiger partial charge in [0.25, 0.3) is 0 Å². The van der Waals surface area contributed by atoms with Crippen LogP contribution < -0.4 is 10.6 Å². The van der Waals surface area contributed by atoms with Crippen molar-refractivity contribution in [3.63, 3.8) is 0 Å². The Hall–Kier alpha value is -2.66. The van der Waals surface area contributed by atoms with Gasteiger partial charge in [-0.3, -0.25) is 9.59 Å². The molecule has 1 aromatic carbocycles. The molecule has 38 heavy (non-hydrogen) atoms. The van der Waals surface area contributed by atoms with Crippen LogP contribution in [0.2, 0.25) is 0 Å². The zero-order valence-electron chi connectivity index (χ0n) is 23.7. The van der Waals surface area contributed by atoms with Gasteiger partial charge in [-0.15, -0.1) is 6.42 Å². The highest BCUT2D eigenvalue weighted by Crippen LogP contribution is 2.28. The molecule has 2 atom stereocenters. The van der Waals surface area contributed by atoms with Crippen LogP contribution in [0.1, 0.15) is 96.2 Å². The SMILES string of the molecule is C#Cc1ccccc1C(C(=O)NC1CCCCC1)N(CCCC)C(=O)C(CCSC)NC(=O)OC(C)(C)C. The van der Waals surface area contributed by atoms with E-state index in [9.17, 15) is 14.4 Å². The first-order valence-corrected chi connectivity index (χ1v) is 15.2. The minimum Gasteiger partial charge on any atom is -0.444 e. The van der Waals surface area contributed by atoms with E-state index in [1.54, 1.807) is 43.5 Å². The van der Waals surface area contributed by atoms with Crippen molar-refractivity contribution in [2.45, 2.75) is 103 Å². The largest absolute Gasteiger partial charge is 0.444 e. The van der Waals surface area contributed by atoms with Crippen molar-refractivity contribution in [2.75, 3.05) is 18.6 Å². The number of nitrogens with one attached hydrogen (secondary N) is 2. The fourth-order valence-electron chi connectivity index (χ4n) is 4.68. The Labute approximate surface area is 233 Å². The van der Waals surface area contributed by atoms with Gasteiger partial charge in [-0.2, -0.15) is 11.8 Å². The lowest BCUT2D eigenvalue weighted by atomic mass is 9.93. The summed E-state index contributed by atoms with van der Waals surface area (Å²) in [5.74, 6) is 2.81. The molecule has 210 valence electrons. The third-order valence-electron chi connectivity index (χ3n) is 6.56. The zero-order valence-corrected chi connectivity index (χ0v) is 24.5. The summed E-state index contributed by atoms with van der Waals surface area (Å²) in [5.41, 5.74) is 0.493. The molecular formula is C30H45N3O4S. The van der Waals surface area contributed by atoms with Gasteiger partial charge in [0.2, 0.25) is 11.8 Å². The van der Waals surface area contributed by atoms with Gasteiger partial charge in [0.15, 0.2) is 0 Å². The summed E-state index contributed by atoms with van der Waals surface area (Å²) in [6, 6.07) is 5.62. The molecule has 0 heterocycles. The smallest absolute Gasteiger partial charge is 0.408 e. The maximum Gasteiger partial charge on any atom is 0.408 e. The molecule has 0 aromatic heterocycles. The Balaban J connectivity index is 2.49. The molecule has 1 aromatic rings. The molecule has 0 spiro atoms. The molecule has 2 unspecified atom stereocenters. The van der Waals surface area contributed by atoms with Crippen LogP contribution in [0, 0.1) is 12.3 Å². The van der Waals surface area contributed by atoms with E-state index in [0.29, 0.717) is 36.3 Å². The Morgan fingerprint density at radius 2 is 1.87 bits per heavy atom. The molecule has 2 N–H and O–H groups in total. The predicted molar refractivity (Wildman–Crippen MR) is 155 cm³/mol. The Morgan fingerprint density at radius 1 is 1.18 bits per heavy atom. The number of benzene rings is 1. The zero-order chi connectivity index (χ0) is 28.1. The molecule has 2 rings (SSSR count). The number of unbranched alkanes of at least 4 members (excludes halogenated alkanes) is 1. The summed E-state index contributed by atoms with van der Waals surface area (Å²) in [5, 5.41) is 6.00. The van der Waals surface area contributed by atoms with Gasteiger partial charge in [0.05, 0.1) is 0 Å². The average Bonchev–Trinajstić information content (AvgIpc) is 2.88. The number of terminal acetylenes is 1. The fraction of sp³-hybridized carbons (Fsp3) is 0.633. The number of hydrogen-bond donors (Lipinski definition) is 2. The average molecular weight is 544 g/mol. The number of rotatable bonds is 12. The molecule has 1 aliphatic rings. The van der Waals surface area contributed by atoms with Crippen molar-refractivity contribution in [1.82, 2.24) is 15.5 Å². The van der Waals surface area contributed by atoms with E-state index in [1.807, 2.05) is 31.4 Å². The monoisotopic (exact) mass is 543 g/mol. The summed E-state index contributed by atoms with van der Waals surface area (Å²) < 4.78 is 5.46. The molecule has 3 amide bonds. The van der Waals surface area contributed by atoms with Crippen molar-refractivity contribution in [2.24, 2.45) is 0 Å². The predicted octanol–water partition coefficient (Wildman–Crippen LogP) is 5.43. The Morgan fingerprint density at radius 3 is 2.47 bits per heavy atom. The molecule has 0 saturated heterocycles. The topological polar surface area (TPSA) is 87.7 Å². The number of ether oxygens (including phenoxy) is 1. The van der Waals surface area contributed by atoms with Gasteiger partial charge in [-0.1, -0.05) is 56.7 Å². The summed E-state index contributed by atoms with van der Waals surface area (Å²) in [6.45, 7) is 7.74. The number of carbonyl (C=O) groups is 3. The molecule has 0 radical (unpaired) electrons. The van der Waals surface area contributed by atoms with Gasteiger partial charge in [0.1, 0.15) is 17.7 Å². The molecule has 0 bridgehead atoms. The maximum absolute atomic E-state index is 14.2. The number of alkyl carbamates (subject to hydrolysis) is 1. The van der Waals surface area contributed by atoms with Gasteiger partial charge >= 0.3 is 6.09 Å². The van der Waals surface area contributed by atoms with E-state index >= 15 is 0 Å². The molecule has 7 nitrogen and oxygen atoms in total. The first-order valence-electron chi connectivity index (χ1n) is 13.8. The highest BCUT2D eigenvalue weighted by molar-refractivity contribution is 7.98. The number of hydrogen-bond acceptors (Lipinski definition) is 5. The van der Waals surface area contributed by atoms with E-state index < -0.39 is 23.8 Å². The first-order chi connectivity index (χ1) is 18.1. The highest BCUT2D eigenvalue weighted by Gasteiger charge is 2.37. The van der Waals surface area contributed by atoms with Crippen LogP contribution in [0.25, 0.3) is 0 Å². The second-order valence-corrected chi connectivity index (χ2v) is 11.8. The minimum atomic E-state index is -0.902. The van der Waals surface area contributed by atoms with Crippen LogP contribution in [-0.2, 0) is 14.3 Å². The molecule has 1 saturated carbocycles.